The third-order valence-corrected chi connectivity index (χ3v) is 4.31. The third-order valence-electron chi connectivity index (χ3n) is 3.75. The number of amides is 1. The number of aromatic nitrogens is 4. The first-order valence-electron chi connectivity index (χ1n) is 6.82. The lowest BCUT2D eigenvalue weighted by molar-refractivity contribution is 0.0732. The van der Waals surface area contributed by atoms with Crippen LogP contribution in [0.4, 0.5) is 5.95 Å². The van der Waals surface area contributed by atoms with Crippen LogP contribution in [0.3, 0.4) is 0 Å². The zero-order valence-corrected chi connectivity index (χ0v) is 12.4. The Balaban J connectivity index is 1.63. The van der Waals surface area contributed by atoms with Gasteiger partial charge in [-0.05, 0) is 30.2 Å². The number of carbonyl (C=O) groups excluding carboxylic acids is 1. The molecule has 0 spiro atoms. The van der Waals surface area contributed by atoms with Gasteiger partial charge < -0.3 is 10.6 Å². The number of nitrogens with zero attached hydrogens (tertiary/aromatic N) is 5. The van der Waals surface area contributed by atoms with E-state index in [4.69, 9.17) is 5.73 Å². The summed E-state index contributed by atoms with van der Waals surface area (Å²) >= 11 is 1.15. The molecule has 0 aliphatic carbocycles. The van der Waals surface area contributed by atoms with E-state index < -0.39 is 0 Å². The smallest absolute Gasteiger partial charge is 0.254 e. The maximum atomic E-state index is 12.7. The number of fused-ring (bicyclic) bond motifs is 2. The Kier molecular flexibility index (Phi) is 2.97. The summed E-state index contributed by atoms with van der Waals surface area (Å²) < 4.78 is 8.32. The van der Waals surface area contributed by atoms with Gasteiger partial charge in [0.1, 0.15) is 11.0 Å². The van der Waals surface area contributed by atoms with Crippen LogP contribution in [0.15, 0.2) is 24.4 Å². The Hall–Kier alpha value is -2.61. The summed E-state index contributed by atoms with van der Waals surface area (Å²) in [7, 11) is 0. The molecule has 0 unspecified atom stereocenters. The van der Waals surface area contributed by atoms with Gasteiger partial charge in [0.15, 0.2) is 0 Å². The van der Waals surface area contributed by atoms with Crippen molar-refractivity contribution in [2.75, 3.05) is 12.3 Å². The Morgan fingerprint density at radius 2 is 2.14 bits per heavy atom. The number of hydrogen-bond acceptors (Lipinski definition) is 7. The monoisotopic (exact) mass is 312 g/mol. The summed E-state index contributed by atoms with van der Waals surface area (Å²) in [5.74, 6) is 0.209. The normalized spacial score (nSPS) is 14.1. The number of carbonyl (C=O) groups is 1. The second kappa shape index (κ2) is 4.99. The fourth-order valence-electron chi connectivity index (χ4n) is 2.59. The van der Waals surface area contributed by atoms with Crippen molar-refractivity contribution in [3.8, 4) is 0 Å². The first kappa shape index (κ1) is 13.1. The molecule has 22 heavy (non-hydrogen) atoms. The Labute approximate surface area is 130 Å². The van der Waals surface area contributed by atoms with E-state index in [0.717, 1.165) is 40.4 Å². The lowest BCUT2D eigenvalue weighted by Crippen LogP contribution is -2.36. The molecule has 3 heterocycles. The molecule has 0 radical (unpaired) electrons. The lowest BCUT2D eigenvalue weighted by atomic mass is 10.1. The van der Waals surface area contributed by atoms with Crippen LogP contribution in [0.2, 0.25) is 0 Å². The van der Waals surface area contributed by atoms with E-state index in [2.05, 4.69) is 18.7 Å². The molecule has 4 rings (SSSR count). The van der Waals surface area contributed by atoms with Crippen LogP contribution in [0.5, 0.6) is 0 Å². The number of benzene rings is 1. The minimum atomic E-state index is -0.0299. The fraction of sp³-hybridized carbons (Fsp3) is 0.214. The van der Waals surface area contributed by atoms with Gasteiger partial charge in [-0.1, -0.05) is 0 Å². The van der Waals surface area contributed by atoms with Crippen molar-refractivity contribution in [2.24, 2.45) is 0 Å². The quantitative estimate of drug-likeness (QED) is 0.726. The molecule has 0 bridgehead atoms. The second-order valence-corrected chi connectivity index (χ2v) is 5.67. The van der Waals surface area contributed by atoms with Gasteiger partial charge in [0.2, 0.25) is 5.95 Å². The second-order valence-electron chi connectivity index (χ2n) is 5.14. The minimum absolute atomic E-state index is 0.0299. The highest BCUT2D eigenvalue weighted by Gasteiger charge is 2.23. The van der Waals surface area contributed by atoms with Gasteiger partial charge in [-0.2, -0.15) is 8.75 Å². The lowest BCUT2D eigenvalue weighted by Gasteiger charge is -2.28. The fourth-order valence-corrected chi connectivity index (χ4v) is 3.11. The maximum absolute atomic E-state index is 12.7. The SMILES string of the molecule is Nc1ncc2c(n1)CN(C(=O)c1ccc3nsnc3c1)CC2. The van der Waals surface area contributed by atoms with Crippen molar-refractivity contribution in [3.05, 3.63) is 41.2 Å². The molecule has 110 valence electrons. The van der Waals surface area contributed by atoms with Crippen molar-refractivity contribution >= 4 is 34.6 Å². The third kappa shape index (κ3) is 2.17. The molecule has 7 nitrogen and oxygen atoms in total. The average molecular weight is 312 g/mol. The molecule has 3 aromatic rings. The largest absolute Gasteiger partial charge is 0.368 e. The predicted molar refractivity (Wildman–Crippen MR) is 82.3 cm³/mol. The minimum Gasteiger partial charge on any atom is -0.368 e. The van der Waals surface area contributed by atoms with Crippen molar-refractivity contribution < 1.29 is 4.79 Å². The van der Waals surface area contributed by atoms with E-state index in [0.29, 0.717) is 18.7 Å². The highest BCUT2D eigenvalue weighted by molar-refractivity contribution is 7.00. The summed E-state index contributed by atoms with van der Waals surface area (Å²) in [6.45, 7) is 1.10. The maximum Gasteiger partial charge on any atom is 0.254 e. The molecular weight excluding hydrogens is 300 g/mol. The van der Waals surface area contributed by atoms with Crippen LogP contribution in [-0.4, -0.2) is 36.1 Å². The number of anilines is 1. The Morgan fingerprint density at radius 3 is 3.05 bits per heavy atom. The molecule has 0 fully saturated rings. The van der Waals surface area contributed by atoms with E-state index in [1.807, 2.05) is 6.07 Å². The Bertz CT molecular complexity index is 877. The van der Waals surface area contributed by atoms with Crippen LogP contribution in [0.25, 0.3) is 11.0 Å². The summed E-state index contributed by atoms with van der Waals surface area (Å²) in [5, 5.41) is 0. The topological polar surface area (TPSA) is 97.9 Å². The average Bonchev–Trinajstić information content (AvgIpc) is 3.01. The van der Waals surface area contributed by atoms with Crippen molar-refractivity contribution in [1.82, 2.24) is 23.6 Å². The van der Waals surface area contributed by atoms with Crippen LogP contribution in [0, 0.1) is 0 Å². The van der Waals surface area contributed by atoms with Crippen LogP contribution in [-0.2, 0) is 13.0 Å². The van der Waals surface area contributed by atoms with Gasteiger partial charge in [0, 0.05) is 18.3 Å². The number of hydrogen-bond donors (Lipinski definition) is 1. The molecule has 8 heteroatoms. The first-order valence-corrected chi connectivity index (χ1v) is 7.55. The van der Waals surface area contributed by atoms with E-state index in [-0.39, 0.29) is 11.9 Å². The number of nitrogen functional groups attached to an aromatic ring is 1. The van der Waals surface area contributed by atoms with Crippen LogP contribution >= 0.6 is 11.7 Å². The van der Waals surface area contributed by atoms with Crippen molar-refractivity contribution in [3.63, 3.8) is 0 Å². The molecule has 0 saturated heterocycles. The highest BCUT2D eigenvalue weighted by Crippen LogP contribution is 2.20. The van der Waals surface area contributed by atoms with E-state index >= 15 is 0 Å². The zero-order chi connectivity index (χ0) is 15.1. The summed E-state index contributed by atoms with van der Waals surface area (Å²) in [6, 6.07) is 5.39. The van der Waals surface area contributed by atoms with Gasteiger partial charge >= 0.3 is 0 Å². The van der Waals surface area contributed by atoms with Gasteiger partial charge in [0.25, 0.3) is 5.91 Å². The number of nitrogens with two attached hydrogens (primary N) is 1. The molecule has 2 aromatic heterocycles. The van der Waals surface area contributed by atoms with Gasteiger partial charge in [-0.15, -0.1) is 0 Å². The predicted octanol–water partition coefficient (Wildman–Crippen LogP) is 1.26. The molecule has 1 aliphatic heterocycles. The van der Waals surface area contributed by atoms with Crippen LogP contribution < -0.4 is 5.73 Å². The molecule has 1 aromatic carbocycles. The molecule has 1 amide bonds. The van der Waals surface area contributed by atoms with E-state index in [9.17, 15) is 4.79 Å². The summed E-state index contributed by atoms with van der Waals surface area (Å²) in [6.07, 6.45) is 2.48. The molecule has 2 N–H and O–H groups in total. The summed E-state index contributed by atoms with van der Waals surface area (Å²) in [4.78, 5) is 22.7. The van der Waals surface area contributed by atoms with Crippen LogP contribution in [0.1, 0.15) is 21.6 Å². The molecule has 1 aliphatic rings. The highest BCUT2D eigenvalue weighted by atomic mass is 32.1. The van der Waals surface area contributed by atoms with Crippen molar-refractivity contribution in [1.29, 1.82) is 0 Å². The van der Waals surface area contributed by atoms with E-state index in [1.54, 1.807) is 23.2 Å². The molecule has 0 saturated carbocycles. The first-order chi connectivity index (χ1) is 10.7. The Morgan fingerprint density at radius 1 is 1.27 bits per heavy atom. The van der Waals surface area contributed by atoms with E-state index in [1.165, 1.54) is 0 Å². The van der Waals surface area contributed by atoms with Gasteiger partial charge in [0.05, 0.1) is 24.0 Å². The standard InChI is InChI=1S/C14H12N6OS/c15-14-16-6-9-3-4-20(7-12(9)17-14)13(21)8-1-2-10-11(5-8)19-22-18-10/h1-2,5-6H,3-4,7H2,(H2,15,16,17). The van der Waals surface area contributed by atoms with Gasteiger partial charge in [-0.3, -0.25) is 4.79 Å². The van der Waals surface area contributed by atoms with Crippen molar-refractivity contribution in [2.45, 2.75) is 13.0 Å². The summed E-state index contributed by atoms with van der Waals surface area (Å²) in [5.41, 5.74) is 9.68. The van der Waals surface area contributed by atoms with Gasteiger partial charge in [-0.25, -0.2) is 9.97 Å². The zero-order valence-electron chi connectivity index (χ0n) is 11.6. The molecule has 0 atom stereocenters. The molecular formula is C14H12N6OS. The number of rotatable bonds is 1.